The number of rotatable bonds is 1. The Morgan fingerprint density at radius 2 is 2.29 bits per heavy atom. The lowest BCUT2D eigenvalue weighted by Crippen LogP contribution is -2.25. The van der Waals surface area contributed by atoms with Gasteiger partial charge in [0, 0.05) is 17.5 Å². The van der Waals surface area contributed by atoms with Crippen molar-refractivity contribution in [3.63, 3.8) is 0 Å². The second-order valence-electron chi connectivity index (χ2n) is 4.13. The number of hydrogen-bond donors (Lipinski definition) is 1. The van der Waals surface area contributed by atoms with Gasteiger partial charge >= 0.3 is 0 Å². The molecule has 0 spiro atoms. The van der Waals surface area contributed by atoms with Crippen molar-refractivity contribution in [3.8, 4) is 5.75 Å². The van der Waals surface area contributed by atoms with Crippen molar-refractivity contribution in [1.29, 1.82) is 0 Å². The van der Waals surface area contributed by atoms with Crippen molar-refractivity contribution in [1.82, 2.24) is 10.3 Å². The summed E-state index contributed by atoms with van der Waals surface area (Å²) < 4.78 is 5.55. The van der Waals surface area contributed by atoms with E-state index in [0.717, 1.165) is 41.9 Å². The highest BCUT2D eigenvalue weighted by molar-refractivity contribution is 6.35. The summed E-state index contributed by atoms with van der Waals surface area (Å²) in [6.45, 7) is 1.75. The molecule has 0 saturated carbocycles. The highest BCUT2D eigenvalue weighted by atomic mass is 35.5. The average molecular weight is 249 g/mol. The van der Waals surface area contributed by atoms with Gasteiger partial charge in [-0.2, -0.15) is 0 Å². The molecule has 0 fully saturated rings. The summed E-state index contributed by atoms with van der Waals surface area (Å²) in [6, 6.07) is 5.80. The molecule has 0 atom stereocenters. The first-order chi connectivity index (χ1) is 8.31. The van der Waals surface area contributed by atoms with E-state index in [4.69, 9.17) is 16.3 Å². The quantitative estimate of drug-likeness (QED) is 0.842. The van der Waals surface area contributed by atoms with Crippen molar-refractivity contribution in [2.24, 2.45) is 0 Å². The summed E-state index contributed by atoms with van der Waals surface area (Å²) in [4.78, 5) is 4.65. The number of aromatic nitrogens is 1. The molecular weight excluding hydrogens is 236 g/mol. The lowest BCUT2D eigenvalue weighted by molar-refractivity contribution is 0.410. The van der Waals surface area contributed by atoms with Gasteiger partial charge in [-0.15, -0.1) is 0 Å². The first-order valence-electron chi connectivity index (χ1n) is 5.66. The van der Waals surface area contributed by atoms with E-state index in [0.29, 0.717) is 5.02 Å². The molecule has 0 unspecified atom stereocenters. The molecule has 17 heavy (non-hydrogen) atoms. The normalized spacial score (nSPS) is 14.7. The molecule has 1 aromatic carbocycles. The fraction of sp³-hybridized carbons (Fsp3) is 0.308. The number of nitrogens with zero attached hydrogens (tertiary/aromatic N) is 1. The number of fused-ring (bicyclic) bond motifs is 2. The molecule has 3 rings (SSSR count). The highest BCUT2D eigenvalue weighted by Gasteiger charge is 2.19. The minimum atomic E-state index is 0.675. The Balaban J connectivity index is 2.39. The summed E-state index contributed by atoms with van der Waals surface area (Å²) in [5, 5.41) is 4.99. The lowest BCUT2D eigenvalue weighted by Gasteiger charge is -2.20. The summed E-state index contributed by atoms with van der Waals surface area (Å²) in [6.07, 6.45) is 0.952. The number of nitrogens with one attached hydrogen (secondary N) is 1. The van der Waals surface area contributed by atoms with Crippen molar-refractivity contribution in [3.05, 3.63) is 34.5 Å². The van der Waals surface area contributed by atoms with Gasteiger partial charge in [0.2, 0.25) is 0 Å². The molecule has 1 N–H and O–H groups in total. The van der Waals surface area contributed by atoms with Crippen LogP contribution in [-0.2, 0) is 13.0 Å². The predicted molar refractivity (Wildman–Crippen MR) is 68.7 cm³/mol. The molecular formula is C13H13ClN2O. The molecule has 2 aromatic rings. The van der Waals surface area contributed by atoms with Gasteiger partial charge in [-0.25, -0.2) is 4.98 Å². The number of methoxy groups -OCH3 is 1. The predicted octanol–water partition coefficient (Wildman–Crippen LogP) is 2.54. The third-order valence-electron chi connectivity index (χ3n) is 3.15. The first-order valence-corrected chi connectivity index (χ1v) is 6.03. The number of pyridine rings is 1. The molecule has 0 bridgehead atoms. The van der Waals surface area contributed by atoms with Gasteiger partial charge in [0.25, 0.3) is 0 Å². The van der Waals surface area contributed by atoms with Crippen molar-refractivity contribution >= 4 is 22.5 Å². The molecule has 2 heterocycles. The SMILES string of the molecule is COc1c2c(nc3c(Cl)cccc13)CNCC2. The van der Waals surface area contributed by atoms with Crippen LogP contribution in [0.25, 0.3) is 10.9 Å². The zero-order valence-corrected chi connectivity index (χ0v) is 10.3. The van der Waals surface area contributed by atoms with Crippen LogP contribution in [0.5, 0.6) is 5.75 Å². The Labute approximate surface area is 105 Å². The van der Waals surface area contributed by atoms with Crippen LogP contribution < -0.4 is 10.1 Å². The van der Waals surface area contributed by atoms with E-state index in [-0.39, 0.29) is 0 Å². The van der Waals surface area contributed by atoms with Crippen molar-refractivity contribution in [2.45, 2.75) is 13.0 Å². The Morgan fingerprint density at radius 1 is 1.41 bits per heavy atom. The van der Waals surface area contributed by atoms with Crippen LogP contribution in [-0.4, -0.2) is 18.6 Å². The Hall–Kier alpha value is -1.32. The number of benzene rings is 1. The summed E-state index contributed by atoms with van der Waals surface area (Å²) in [5.41, 5.74) is 3.09. The van der Waals surface area contributed by atoms with E-state index >= 15 is 0 Å². The Morgan fingerprint density at radius 3 is 3.12 bits per heavy atom. The van der Waals surface area contributed by atoms with Gasteiger partial charge in [-0.1, -0.05) is 17.7 Å². The number of ether oxygens (including phenoxy) is 1. The van der Waals surface area contributed by atoms with E-state index in [2.05, 4.69) is 10.3 Å². The van der Waals surface area contributed by atoms with Crippen LogP contribution in [0.2, 0.25) is 5.02 Å². The number of halogens is 1. The van der Waals surface area contributed by atoms with Crippen LogP contribution in [0.3, 0.4) is 0 Å². The maximum Gasteiger partial charge on any atom is 0.133 e. The van der Waals surface area contributed by atoms with Crippen molar-refractivity contribution in [2.75, 3.05) is 13.7 Å². The van der Waals surface area contributed by atoms with E-state index in [1.165, 1.54) is 5.56 Å². The van der Waals surface area contributed by atoms with Crippen molar-refractivity contribution < 1.29 is 4.74 Å². The zero-order valence-electron chi connectivity index (χ0n) is 9.59. The lowest BCUT2D eigenvalue weighted by atomic mass is 10.0. The number of para-hydroxylation sites is 1. The van der Waals surface area contributed by atoms with Gasteiger partial charge in [0.1, 0.15) is 5.75 Å². The number of hydrogen-bond acceptors (Lipinski definition) is 3. The minimum Gasteiger partial charge on any atom is -0.496 e. The summed E-state index contributed by atoms with van der Waals surface area (Å²) in [7, 11) is 1.71. The van der Waals surface area contributed by atoms with E-state index in [9.17, 15) is 0 Å². The van der Waals surface area contributed by atoms with Crippen LogP contribution in [0.1, 0.15) is 11.3 Å². The molecule has 1 aromatic heterocycles. The van der Waals surface area contributed by atoms with E-state index in [1.807, 2.05) is 18.2 Å². The van der Waals surface area contributed by atoms with Gasteiger partial charge < -0.3 is 10.1 Å². The van der Waals surface area contributed by atoms with Gasteiger partial charge in [-0.05, 0) is 25.1 Å². The molecule has 4 heteroatoms. The van der Waals surface area contributed by atoms with Gasteiger partial charge in [0.05, 0.1) is 23.3 Å². The fourth-order valence-corrected chi connectivity index (χ4v) is 2.58. The third-order valence-corrected chi connectivity index (χ3v) is 3.45. The van der Waals surface area contributed by atoms with Crippen LogP contribution in [0, 0.1) is 0 Å². The summed E-state index contributed by atoms with van der Waals surface area (Å²) >= 11 is 6.19. The van der Waals surface area contributed by atoms with Crippen LogP contribution in [0.15, 0.2) is 18.2 Å². The average Bonchev–Trinajstić information content (AvgIpc) is 2.37. The topological polar surface area (TPSA) is 34.1 Å². The smallest absolute Gasteiger partial charge is 0.133 e. The molecule has 0 aliphatic carbocycles. The highest BCUT2D eigenvalue weighted by Crippen LogP contribution is 2.35. The van der Waals surface area contributed by atoms with E-state index in [1.54, 1.807) is 7.11 Å². The molecule has 0 saturated heterocycles. The standard InChI is InChI=1S/C13H13ClN2O/c1-17-13-8-5-6-15-7-11(8)16-12-9(13)3-2-4-10(12)14/h2-4,15H,5-7H2,1H3. The zero-order chi connectivity index (χ0) is 11.8. The Kier molecular flexibility index (Phi) is 2.65. The van der Waals surface area contributed by atoms with Crippen LogP contribution in [0.4, 0.5) is 0 Å². The molecule has 1 aliphatic rings. The third kappa shape index (κ3) is 1.66. The van der Waals surface area contributed by atoms with E-state index < -0.39 is 0 Å². The molecule has 0 amide bonds. The molecule has 1 aliphatic heterocycles. The molecule has 0 radical (unpaired) electrons. The second-order valence-corrected chi connectivity index (χ2v) is 4.54. The first kappa shape index (κ1) is 10.8. The second kappa shape index (κ2) is 4.17. The van der Waals surface area contributed by atoms with Gasteiger partial charge in [0.15, 0.2) is 0 Å². The maximum atomic E-state index is 6.19. The molecule has 3 nitrogen and oxygen atoms in total. The Bertz CT molecular complexity index is 583. The fourth-order valence-electron chi connectivity index (χ4n) is 2.37. The van der Waals surface area contributed by atoms with Crippen LogP contribution >= 0.6 is 11.6 Å². The minimum absolute atomic E-state index is 0.675. The largest absolute Gasteiger partial charge is 0.496 e. The molecule has 88 valence electrons. The maximum absolute atomic E-state index is 6.19. The summed E-state index contributed by atoms with van der Waals surface area (Å²) in [5.74, 6) is 0.925. The monoisotopic (exact) mass is 248 g/mol. The van der Waals surface area contributed by atoms with Gasteiger partial charge in [-0.3, -0.25) is 0 Å².